The Hall–Kier alpha value is -3.43. The van der Waals surface area contributed by atoms with Crippen molar-refractivity contribution in [1.82, 2.24) is 0 Å². The zero-order valence-electron chi connectivity index (χ0n) is 30.3. The minimum absolute atomic E-state index is 0. The van der Waals surface area contributed by atoms with Crippen LogP contribution in [0.4, 0.5) is 11.4 Å². The third kappa shape index (κ3) is 12.0. The Bertz CT molecular complexity index is 1480. The van der Waals surface area contributed by atoms with Crippen LogP contribution in [0.2, 0.25) is 0 Å². The number of rotatable bonds is 10. The largest absolute Gasteiger partial charge is 3.00 e. The Morgan fingerprint density at radius 3 is 1.17 bits per heavy atom. The van der Waals surface area contributed by atoms with Gasteiger partial charge in [-0.2, -0.15) is 35.4 Å². The normalized spacial score (nSPS) is 10.6. The van der Waals surface area contributed by atoms with Crippen molar-refractivity contribution in [3.05, 3.63) is 144 Å². The molecular weight excluding hydrogens is 656 g/mol. The van der Waals surface area contributed by atoms with Gasteiger partial charge in [0.1, 0.15) is 0 Å². The van der Waals surface area contributed by atoms with Crippen LogP contribution in [0.3, 0.4) is 0 Å². The minimum Gasteiger partial charge on any atom is -0.681 e. The summed E-state index contributed by atoms with van der Waals surface area (Å²) in [6.07, 6.45) is 6.92. The number of benzene rings is 4. The maximum absolute atomic E-state index is 9.88. The van der Waals surface area contributed by atoms with Gasteiger partial charge in [0.15, 0.2) is 0 Å². The first-order chi connectivity index (χ1) is 21.8. The van der Waals surface area contributed by atoms with Crippen LogP contribution in [0.15, 0.2) is 60.7 Å². The van der Waals surface area contributed by atoms with Gasteiger partial charge in [-0.05, 0) is 110 Å². The molecule has 0 saturated heterocycles. The quantitative estimate of drug-likeness (QED) is 0.122. The second-order valence-corrected chi connectivity index (χ2v) is 12.1. The average Bonchev–Trinajstić information content (AvgIpc) is 3.09. The molecule has 0 spiro atoms. The molecule has 0 aliphatic carbocycles. The van der Waals surface area contributed by atoms with Crippen LogP contribution in [-0.4, -0.2) is 25.7 Å². The molecule has 245 valence electrons. The molecule has 0 bridgehead atoms. The van der Waals surface area contributed by atoms with Crippen LogP contribution in [0, 0.1) is 81.6 Å². The number of carbonyl (C=O) groups excluding carboxylic acids is 2. The fraction of sp³-hybridized carbons (Fsp3) is 0.357. The van der Waals surface area contributed by atoms with Gasteiger partial charge in [0, 0.05) is 0 Å². The summed E-state index contributed by atoms with van der Waals surface area (Å²) in [7, 11) is 0. The smallest absolute Gasteiger partial charge is 0.681 e. The van der Waals surface area contributed by atoms with Crippen LogP contribution in [0.5, 0.6) is 0 Å². The van der Waals surface area contributed by atoms with Crippen molar-refractivity contribution in [2.45, 2.75) is 82.6 Å². The van der Waals surface area contributed by atoms with Crippen molar-refractivity contribution in [1.29, 1.82) is 0 Å². The molecule has 4 aromatic rings. The van der Waals surface area contributed by atoms with E-state index in [1.165, 1.54) is 67.0 Å². The maximum atomic E-state index is 9.88. The average molecular weight is 707 g/mol. The SMILES string of the molecule is Cc1c(C)c(C)c([N-]CC[CH+]C(C)C[N-]c2c(C)c(C)c(C)c(C)c2C)c(C)c1C.O=[C-]c1ccccc1.O=[C-]c1ccccc1.[Zr+3]. The summed E-state index contributed by atoms with van der Waals surface area (Å²) in [5.74, 6) is 0.449. The fourth-order valence-electron chi connectivity index (χ4n) is 5.29. The second kappa shape index (κ2) is 20.7. The van der Waals surface area contributed by atoms with E-state index in [1.807, 2.05) is 12.1 Å². The summed E-state index contributed by atoms with van der Waals surface area (Å²) in [4.78, 5) is 19.8. The third-order valence-electron chi connectivity index (χ3n) is 9.21. The minimum atomic E-state index is 0. The third-order valence-corrected chi connectivity index (χ3v) is 9.21. The van der Waals surface area contributed by atoms with Crippen molar-refractivity contribution in [2.75, 3.05) is 13.1 Å². The van der Waals surface area contributed by atoms with E-state index in [-0.39, 0.29) is 26.2 Å². The van der Waals surface area contributed by atoms with E-state index >= 15 is 0 Å². The first-order valence-electron chi connectivity index (χ1n) is 16.0. The zero-order valence-corrected chi connectivity index (χ0v) is 32.7. The molecule has 1 unspecified atom stereocenters. The van der Waals surface area contributed by atoms with Gasteiger partial charge in [-0.3, -0.25) is 0 Å². The maximum Gasteiger partial charge on any atom is 3.00 e. The van der Waals surface area contributed by atoms with E-state index in [2.05, 4.69) is 82.6 Å². The molecule has 1 radical (unpaired) electrons. The van der Waals surface area contributed by atoms with Crippen molar-refractivity contribution >= 4 is 23.9 Å². The monoisotopic (exact) mass is 705 g/mol. The summed E-state index contributed by atoms with van der Waals surface area (Å²) < 4.78 is 0. The Morgan fingerprint density at radius 2 is 0.851 bits per heavy atom. The molecule has 4 aromatic carbocycles. The molecule has 0 aromatic heterocycles. The summed E-state index contributed by atoms with van der Waals surface area (Å²) in [5.41, 5.74) is 17.2. The van der Waals surface area contributed by atoms with Crippen LogP contribution in [-0.2, 0) is 35.8 Å². The predicted molar refractivity (Wildman–Crippen MR) is 197 cm³/mol. The van der Waals surface area contributed by atoms with Gasteiger partial charge >= 0.3 is 26.2 Å². The van der Waals surface area contributed by atoms with Crippen molar-refractivity contribution in [3.8, 4) is 0 Å². The van der Waals surface area contributed by atoms with E-state index in [4.69, 9.17) is 10.6 Å². The summed E-state index contributed by atoms with van der Waals surface area (Å²) in [6, 6.07) is 17.8. The molecule has 0 heterocycles. The fourth-order valence-corrected chi connectivity index (χ4v) is 5.29. The van der Waals surface area contributed by atoms with Crippen LogP contribution in [0.1, 0.15) is 80.1 Å². The van der Waals surface area contributed by atoms with Crippen molar-refractivity contribution in [2.24, 2.45) is 5.92 Å². The van der Waals surface area contributed by atoms with Gasteiger partial charge in [-0.1, -0.05) is 47.5 Å². The Morgan fingerprint density at radius 1 is 0.532 bits per heavy atom. The van der Waals surface area contributed by atoms with E-state index < -0.39 is 0 Å². The van der Waals surface area contributed by atoms with Crippen molar-refractivity contribution in [3.63, 3.8) is 0 Å². The van der Waals surface area contributed by atoms with Gasteiger partial charge < -0.3 is 20.2 Å². The topological polar surface area (TPSA) is 62.3 Å². The zero-order chi connectivity index (χ0) is 34.4. The molecule has 47 heavy (non-hydrogen) atoms. The number of hydrogen-bond donors (Lipinski definition) is 0. The van der Waals surface area contributed by atoms with Gasteiger partial charge in [-0.25, -0.2) is 0 Å². The molecule has 0 aliphatic heterocycles. The molecule has 0 N–H and O–H groups in total. The van der Waals surface area contributed by atoms with Gasteiger partial charge in [-0.15, -0.1) is 35.6 Å². The molecule has 4 rings (SSSR count). The number of nitrogens with zero attached hydrogens (tertiary/aromatic N) is 2. The molecule has 5 heteroatoms. The van der Waals surface area contributed by atoms with Gasteiger partial charge in [0.05, 0.1) is 31.3 Å². The second-order valence-electron chi connectivity index (χ2n) is 12.1. The Kier molecular flexibility index (Phi) is 18.3. The standard InChI is InChI=1S/C28H41N2.2C7H5O.Zr/c1-16(15-30-28-25(10)21(6)18(3)22(7)26(28)11)13-12-14-29-27-23(8)19(4)17(2)20(5)24(27)9;2*8-6-7-4-2-1-3-5-7;/h13,16H,12,14-15H2,1-11H3;2*1-5H;/q3*-1;+3. The molecule has 0 amide bonds. The Labute approximate surface area is 304 Å². The first-order valence-corrected chi connectivity index (χ1v) is 16.0. The molecule has 4 nitrogen and oxygen atoms in total. The molecule has 0 aliphatic rings. The van der Waals surface area contributed by atoms with E-state index in [9.17, 15) is 9.59 Å². The molecule has 0 saturated carbocycles. The van der Waals surface area contributed by atoms with E-state index in [1.54, 1.807) is 61.1 Å². The Balaban J connectivity index is 0.000000525. The summed E-state index contributed by atoms with van der Waals surface area (Å²) >= 11 is 0. The van der Waals surface area contributed by atoms with E-state index in [0.717, 1.165) is 19.5 Å². The number of hydrogen-bond acceptors (Lipinski definition) is 2. The molecule has 1 atom stereocenters. The first kappa shape index (κ1) is 41.6. The van der Waals surface area contributed by atoms with Gasteiger partial charge in [0.25, 0.3) is 0 Å². The van der Waals surface area contributed by atoms with Crippen LogP contribution < -0.4 is 0 Å². The van der Waals surface area contributed by atoms with E-state index in [0.29, 0.717) is 17.0 Å². The summed E-state index contributed by atoms with van der Waals surface area (Å²) in [6.45, 7) is 26.0. The van der Waals surface area contributed by atoms with Gasteiger partial charge in [0.2, 0.25) is 0 Å². The van der Waals surface area contributed by atoms with Crippen LogP contribution in [0.25, 0.3) is 10.6 Å². The van der Waals surface area contributed by atoms with Crippen molar-refractivity contribution < 1.29 is 35.8 Å². The molecular formula is C42H51N2O2Zr. The summed E-state index contributed by atoms with van der Waals surface area (Å²) in [5, 5.41) is 9.96. The predicted octanol–water partition coefficient (Wildman–Crippen LogP) is 11.0. The molecule has 0 fully saturated rings. The van der Waals surface area contributed by atoms with Crippen LogP contribution >= 0.6 is 0 Å².